The molecular formula is C17H22N4. The summed E-state index contributed by atoms with van der Waals surface area (Å²) in [5, 5.41) is 3.72. The van der Waals surface area contributed by atoms with Crippen molar-refractivity contribution in [2.75, 3.05) is 24.5 Å². The lowest BCUT2D eigenvalue weighted by Gasteiger charge is -2.33. The number of piperidine rings is 1. The van der Waals surface area contributed by atoms with Gasteiger partial charge in [0.1, 0.15) is 5.82 Å². The number of nitrogens with zero attached hydrogens (tertiary/aromatic N) is 3. The van der Waals surface area contributed by atoms with Crippen LogP contribution in [0.5, 0.6) is 0 Å². The molecule has 1 aliphatic carbocycles. The Morgan fingerprint density at radius 3 is 2.57 bits per heavy atom. The molecule has 1 aromatic heterocycles. The van der Waals surface area contributed by atoms with Gasteiger partial charge in [-0.05, 0) is 50.3 Å². The molecule has 0 amide bonds. The quantitative estimate of drug-likeness (QED) is 0.936. The molecule has 4 rings (SSSR count). The molecule has 1 aromatic carbocycles. The average Bonchev–Trinajstić information content (AvgIpc) is 3.37. The lowest BCUT2D eigenvalue weighted by Crippen LogP contribution is -2.43. The van der Waals surface area contributed by atoms with E-state index in [1.54, 1.807) is 0 Å². The van der Waals surface area contributed by atoms with Gasteiger partial charge < -0.3 is 10.2 Å². The first-order valence-corrected chi connectivity index (χ1v) is 8.08. The van der Waals surface area contributed by atoms with Crippen molar-refractivity contribution < 1.29 is 0 Å². The minimum absolute atomic E-state index is 0.690. The van der Waals surface area contributed by atoms with E-state index in [0.29, 0.717) is 6.04 Å². The van der Waals surface area contributed by atoms with E-state index in [1.807, 2.05) is 30.5 Å². The SMILES string of the molecule is c1ccc2nc(N3CCC(NCC4CC4)CC3)cnc2c1. The molecule has 2 aromatic rings. The standard InChI is InChI=1S/C17H22N4/c1-2-4-16-15(3-1)19-12-17(20-16)21-9-7-14(8-10-21)18-11-13-5-6-13/h1-4,12-14,18H,5-11H2. The van der Waals surface area contributed by atoms with Crippen molar-refractivity contribution >= 4 is 16.9 Å². The molecule has 2 heterocycles. The van der Waals surface area contributed by atoms with E-state index in [0.717, 1.165) is 35.9 Å². The van der Waals surface area contributed by atoms with Gasteiger partial charge in [0, 0.05) is 19.1 Å². The molecule has 4 heteroatoms. The summed E-state index contributed by atoms with van der Waals surface area (Å²) in [7, 11) is 0. The topological polar surface area (TPSA) is 41.1 Å². The van der Waals surface area contributed by atoms with Gasteiger partial charge in [-0.25, -0.2) is 4.98 Å². The maximum Gasteiger partial charge on any atom is 0.147 e. The van der Waals surface area contributed by atoms with Gasteiger partial charge in [0.15, 0.2) is 0 Å². The first-order valence-electron chi connectivity index (χ1n) is 8.08. The highest BCUT2D eigenvalue weighted by Gasteiger charge is 2.24. The van der Waals surface area contributed by atoms with Crippen LogP contribution in [0.15, 0.2) is 30.5 Å². The smallest absolute Gasteiger partial charge is 0.147 e. The highest BCUT2D eigenvalue weighted by atomic mass is 15.2. The Bertz CT molecular complexity index is 615. The van der Waals surface area contributed by atoms with Gasteiger partial charge in [0.2, 0.25) is 0 Å². The molecular weight excluding hydrogens is 260 g/mol. The Balaban J connectivity index is 1.39. The fraction of sp³-hybridized carbons (Fsp3) is 0.529. The van der Waals surface area contributed by atoms with Gasteiger partial charge >= 0.3 is 0 Å². The van der Waals surface area contributed by atoms with Crippen molar-refractivity contribution in [3.8, 4) is 0 Å². The van der Waals surface area contributed by atoms with E-state index in [1.165, 1.54) is 32.2 Å². The van der Waals surface area contributed by atoms with Gasteiger partial charge in [0.05, 0.1) is 17.2 Å². The summed E-state index contributed by atoms with van der Waals surface area (Å²) >= 11 is 0. The number of anilines is 1. The lowest BCUT2D eigenvalue weighted by molar-refractivity contribution is 0.407. The predicted octanol–water partition coefficient (Wildman–Crippen LogP) is 2.60. The summed E-state index contributed by atoms with van der Waals surface area (Å²) in [6, 6.07) is 8.77. The molecule has 1 aliphatic heterocycles. The number of nitrogens with one attached hydrogen (secondary N) is 1. The van der Waals surface area contributed by atoms with Crippen LogP contribution in [0.2, 0.25) is 0 Å². The fourth-order valence-corrected chi connectivity index (χ4v) is 3.07. The van der Waals surface area contributed by atoms with Gasteiger partial charge in [-0.1, -0.05) is 12.1 Å². The van der Waals surface area contributed by atoms with Crippen LogP contribution in [0.25, 0.3) is 11.0 Å². The molecule has 1 saturated carbocycles. The molecule has 4 nitrogen and oxygen atoms in total. The number of benzene rings is 1. The van der Waals surface area contributed by atoms with Gasteiger partial charge in [-0.15, -0.1) is 0 Å². The van der Waals surface area contributed by atoms with Crippen LogP contribution >= 0.6 is 0 Å². The number of aromatic nitrogens is 2. The molecule has 0 unspecified atom stereocenters. The highest BCUT2D eigenvalue weighted by Crippen LogP contribution is 2.28. The Morgan fingerprint density at radius 2 is 1.81 bits per heavy atom. The van der Waals surface area contributed by atoms with Crippen LogP contribution in [0.3, 0.4) is 0 Å². The molecule has 2 fully saturated rings. The van der Waals surface area contributed by atoms with Gasteiger partial charge in [-0.3, -0.25) is 4.98 Å². The summed E-state index contributed by atoms with van der Waals surface area (Å²) in [5.41, 5.74) is 1.96. The second kappa shape index (κ2) is 5.60. The van der Waals surface area contributed by atoms with E-state index < -0.39 is 0 Å². The highest BCUT2D eigenvalue weighted by molar-refractivity contribution is 5.75. The third-order valence-electron chi connectivity index (χ3n) is 4.65. The molecule has 2 aliphatic rings. The molecule has 110 valence electrons. The predicted molar refractivity (Wildman–Crippen MR) is 85.5 cm³/mol. The van der Waals surface area contributed by atoms with Crippen molar-refractivity contribution in [2.24, 2.45) is 5.92 Å². The summed E-state index contributed by atoms with van der Waals surface area (Å²) in [5.74, 6) is 1.99. The molecule has 1 N–H and O–H groups in total. The van der Waals surface area contributed by atoms with Crippen LogP contribution in [0.4, 0.5) is 5.82 Å². The number of rotatable bonds is 4. The normalized spacial score (nSPS) is 20.1. The second-order valence-corrected chi connectivity index (χ2v) is 6.33. The van der Waals surface area contributed by atoms with Crippen LogP contribution in [-0.4, -0.2) is 35.6 Å². The van der Waals surface area contributed by atoms with Gasteiger partial charge in [0.25, 0.3) is 0 Å². The minimum Gasteiger partial charge on any atom is -0.355 e. The number of hydrogen-bond donors (Lipinski definition) is 1. The Kier molecular flexibility index (Phi) is 3.47. The van der Waals surface area contributed by atoms with Crippen molar-refractivity contribution in [1.82, 2.24) is 15.3 Å². The zero-order valence-electron chi connectivity index (χ0n) is 12.3. The van der Waals surface area contributed by atoms with E-state index in [4.69, 9.17) is 4.98 Å². The number of para-hydroxylation sites is 2. The molecule has 21 heavy (non-hydrogen) atoms. The van der Waals surface area contributed by atoms with Crippen molar-refractivity contribution in [1.29, 1.82) is 0 Å². The van der Waals surface area contributed by atoms with E-state index in [9.17, 15) is 0 Å². The zero-order chi connectivity index (χ0) is 14.1. The Hall–Kier alpha value is -1.68. The fourth-order valence-electron chi connectivity index (χ4n) is 3.07. The van der Waals surface area contributed by atoms with E-state index in [-0.39, 0.29) is 0 Å². The molecule has 0 spiro atoms. The van der Waals surface area contributed by atoms with Crippen molar-refractivity contribution in [2.45, 2.75) is 31.7 Å². The zero-order valence-corrected chi connectivity index (χ0v) is 12.3. The Labute approximate surface area is 125 Å². The maximum absolute atomic E-state index is 4.75. The third-order valence-corrected chi connectivity index (χ3v) is 4.65. The van der Waals surface area contributed by atoms with Crippen LogP contribution < -0.4 is 10.2 Å². The summed E-state index contributed by atoms with van der Waals surface area (Å²) in [6.45, 7) is 3.38. The third kappa shape index (κ3) is 3.00. The van der Waals surface area contributed by atoms with Crippen LogP contribution in [0.1, 0.15) is 25.7 Å². The second-order valence-electron chi connectivity index (χ2n) is 6.33. The van der Waals surface area contributed by atoms with Crippen LogP contribution in [0, 0.1) is 5.92 Å². The summed E-state index contributed by atoms with van der Waals surface area (Å²) < 4.78 is 0. The molecule has 0 radical (unpaired) electrons. The molecule has 0 bridgehead atoms. The molecule has 0 atom stereocenters. The number of fused-ring (bicyclic) bond motifs is 1. The number of hydrogen-bond acceptors (Lipinski definition) is 4. The van der Waals surface area contributed by atoms with E-state index >= 15 is 0 Å². The maximum atomic E-state index is 4.75. The molecule has 1 saturated heterocycles. The average molecular weight is 282 g/mol. The van der Waals surface area contributed by atoms with Crippen LogP contribution in [-0.2, 0) is 0 Å². The first kappa shape index (κ1) is 13.0. The Morgan fingerprint density at radius 1 is 1.05 bits per heavy atom. The van der Waals surface area contributed by atoms with Gasteiger partial charge in [-0.2, -0.15) is 0 Å². The van der Waals surface area contributed by atoms with E-state index in [2.05, 4.69) is 15.2 Å². The lowest BCUT2D eigenvalue weighted by atomic mass is 10.0. The largest absolute Gasteiger partial charge is 0.355 e. The first-order chi connectivity index (χ1) is 10.4. The summed E-state index contributed by atoms with van der Waals surface area (Å²) in [6.07, 6.45) is 7.19. The monoisotopic (exact) mass is 282 g/mol. The van der Waals surface area contributed by atoms with Crippen molar-refractivity contribution in [3.63, 3.8) is 0 Å². The van der Waals surface area contributed by atoms with Crippen molar-refractivity contribution in [3.05, 3.63) is 30.5 Å². The summed E-state index contributed by atoms with van der Waals surface area (Å²) in [4.78, 5) is 11.6. The minimum atomic E-state index is 0.690.